The van der Waals surface area contributed by atoms with Crippen LogP contribution in [0.5, 0.6) is 0 Å². The van der Waals surface area contributed by atoms with Crippen LogP contribution in [0.15, 0.2) is 54.6 Å². The molecule has 0 fully saturated rings. The molecule has 0 saturated carbocycles. The predicted molar refractivity (Wildman–Crippen MR) is 72.8 cm³/mol. The molecule has 2 aromatic rings. The summed E-state index contributed by atoms with van der Waals surface area (Å²) < 4.78 is 0. The molecule has 2 rings (SSSR count). The summed E-state index contributed by atoms with van der Waals surface area (Å²) in [5, 5.41) is 0. The Kier molecular flexibility index (Phi) is 5.63. The van der Waals surface area contributed by atoms with E-state index in [1.54, 1.807) is 0 Å². The van der Waals surface area contributed by atoms with Gasteiger partial charge in [-0.2, -0.15) is 0 Å². The Bertz CT molecular complexity index is 491. The Morgan fingerprint density at radius 2 is 1.53 bits per heavy atom. The van der Waals surface area contributed by atoms with E-state index < -0.39 is 0 Å². The molecule has 0 aliphatic heterocycles. The van der Waals surface area contributed by atoms with E-state index in [0.29, 0.717) is 0 Å². The molecule has 0 N–H and O–H groups in total. The van der Waals surface area contributed by atoms with Crippen LogP contribution in [0, 0.1) is 0 Å². The van der Waals surface area contributed by atoms with Crippen molar-refractivity contribution in [2.45, 2.75) is 13.3 Å². The van der Waals surface area contributed by atoms with E-state index in [1.807, 2.05) is 54.6 Å². The van der Waals surface area contributed by atoms with Crippen LogP contribution in [-0.4, -0.2) is 35.3 Å². The van der Waals surface area contributed by atoms with Gasteiger partial charge in [0, 0.05) is 11.1 Å². The number of aryl methyl sites for hydroxylation is 1. The van der Waals surface area contributed by atoms with Gasteiger partial charge in [-0.25, -0.2) is 0 Å². The van der Waals surface area contributed by atoms with Crippen LogP contribution in [0.2, 0.25) is 0 Å². The van der Waals surface area contributed by atoms with Crippen molar-refractivity contribution >= 4 is 35.3 Å². The average Bonchev–Trinajstić information content (AvgIpc) is 2.39. The molecule has 0 bridgehead atoms. The molecule has 2 heteroatoms. The molecule has 17 heavy (non-hydrogen) atoms. The first-order chi connectivity index (χ1) is 7.83. The van der Waals surface area contributed by atoms with Crippen LogP contribution < -0.4 is 0 Å². The maximum absolute atomic E-state index is 12.2. The molecule has 0 heterocycles. The Morgan fingerprint density at radius 3 is 2.18 bits per heavy atom. The van der Waals surface area contributed by atoms with Crippen molar-refractivity contribution in [1.29, 1.82) is 0 Å². The van der Waals surface area contributed by atoms with Crippen molar-refractivity contribution in [2.75, 3.05) is 0 Å². The molecule has 0 aliphatic carbocycles. The van der Waals surface area contributed by atoms with E-state index in [1.165, 1.54) is 0 Å². The van der Waals surface area contributed by atoms with Crippen LogP contribution in [-0.2, 0) is 6.42 Å². The van der Waals surface area contributed by atoms with Gasteiger partial charge in [0.05, 0.1) is 0 Å². The zero-order chi connectivity index (χ0) is 11.4. The second-order valence-corrected chi connectivity index (χ2v) is 3.71. The van der Waals surface area contributed by atoms with Gasteiger partial charge in [0.25, 0.3) is 0 Å². The summed E-state index contributed by atoms with van der Waals surface area (Å²) >= 11 is 0. The van der Waals surface area contributed by atoms with E-state index in [0.717, 1.165) is 23.1 Å². The van der Waals surface area contributed by atoms with Gasteiger partial charge in [-0.1, -0.05) is 61.5 Å². The van der Waals surface area contributed by atoms with Gasteiger partial charge in [0.15, 0.2) is 5.78 Å². The summed E-state index contributed by atoms with van der Waals surface area (Å²) in [5.41, 5.74) is 2.68. The molecule has 0 amide bonds. The SMILES string of the molecule is CCc1ccccc1C(=O)c1ccccc1.[NaH]. The van der Waals surface area contributed by atoms with Gasteiger partial charge in [-0.15, -0.1) is 0 Å². The van der Waals surface area contributed by atoms with Crippen LogP contribution in [0.3, 0.4) is 0 Å². The first kappa shape index (κ1) is 14.2. The van der Waals surface area contributed by atoms with E-state index in [9.17, 15) is 4.79 Å². The molecule has 0 aromatic heterocycles. The summed E-state index contributed by atoms with van der Waals surface area (Å²) in [6.45, 7) is 2.07. The fraction of sp³-hybridized carbons (Fsp3) is 0.133. The molecule has 82 valence electrons. The molecule has 0 aliphatic rings. The number of hydrogen-bond donors (Lipinski definition) is 0. The summed E-state index contributed by atoms with van der Waals surface area (Å²) in [6.07, 6.45) is 0.884. The van der Waals surface area contributed by atoms with Crippen molar-refractivity contribution in [3.05, 3.63) is 71.3 Å². The predicted octanol–water partition coefficient (Wildman–Crippen LogP) is 2.83. The summed E-state index contributed by atoms with van der Waals surface area (Å²) in [6, 6.07) is 17.2. The summed E-state index contributed by atoms with van der Waals surface area (Å²) in [5.74, 6) is 0.109. The molecule has 1 nitrogen and oxygen atoms in total. The minimum absolute atomic E-state index is 0. The van der Waals surface area contributed by atoms with Gasteiger partial charge in [0.1, 0.15) is 0 Å². The average molecular weight is 234 g/mol. The zero-order valence-electron chi connectivity index (χ0n) is 9.31. The third-order valence-corrected chi connectivity index (χ3v) is 2.68. The topological polar surface area (TPSA) is 17.1 Å². The molecular formula is C15H15NaO. The third-order valence-electron chi connectivity index (χ3n) is 2.68. The first-order valence-electron chi connectivity index (χ1n) is 5.50. The minimum atomic E-state index is 0. The van der Waals surface area contributed by atoms with Crippen molar-refractivity contribution < 1.29 is 4.79 Å². The van der Waals surface area contributed by atoms with E-state index in [4.69, 9.17) is 0 Å². The summed E-state index contributed by atoms with van der Waals surface area (Å²) in [4.78, 5) is 12.2. The van der Waals surface area contributed by atoms with Gasteiger partial charge >= 0.3 is 29.6 Å². The first-order valence-corrected chi connectivity index (χ1v) is 5.50. The van der Waals surface area contributed by atoms with Crippen LogP contribution in [0.1, 0.15) is 28.4 Å². The Hall–Kier alpha value is -0.890. The van der Waals surface area contributed by atoms with E-state index in [-0.39, 0.29) is 35.3 Å². The number of benzene rings is 2. The number of ketones is 1. The molecule has 0 atom stereocenters. The maximum atomic E-state index is 12.2. The zero-order valence-corrected chi connectivity index (χ0v) is 9.31. The number of hydrogen-bond acceptors (Lipinski definition) is 1. The molecule has 2 aromatic carbocycles. The number of carbonyl (C=O) groups is 1. The molecule has 0 unspecified atom stereocenters. The Balaban J connectivity index is 0.00000144. The van der Waals surface area contributed by atoms with Gasteiger partial charge in [-0.05, 0) is 12.0 Å². The summed E-state index contributed by atoms with van der Waals surface area (Å²) in [7, 11) is 0. The second kappa shape index (κ2) is 6.75. The van der Waals surface area contributed by atoms with Crippen LogP contribution in [0.25, 0.3) is 0 Å². The van der Waals surface area contributed by atoms with Crippen molar-refractivity contribution in [3.63, 3.8) is 0 Å². The molecule has 0 radical (unpaired) electrons. The van der Waals surface area contributed by atoms with Crippen molar-refractivity contribution in [3.8, 4) is 0 Å². The van der Waals surface area contributed by atoms with Gasteiger partial charge in [0.2, 0.25) is 0 Å². The molecule has 0 spiro atoms. The van der Waals surface area contributed by atoms with E-state index in [2.05, 4.69) is 6.92 Å². The van der Waals surface area contributed by atoms with Crippen LogP contribution in [0.4, 0.5) is 0 Å². The monoisotopic (exact) mass is 234 g/mol. The Morgan fingerprint density at radius 1 is 0.941 bits per heavy atom. The van der Waals surface area contributed by atoms with Crippen LogP contribution >= 0.6 is 0 Å². The third kappa shape index (κ3) is 3.29. The fourth-order valence-corrected chi connectivity index (χ4v) is 1.80. The van der Waals surface area contributed by atoms with Crippen molar-refractivity contribution in [1.82, 2.24) is 0 Å². The second-order valence-electron chi connectivity index (χ2n) is 3.71. The normalized spacial score (nSPS) is 9.47. The number of rotatable bonds is 3. The quantitative estimate of drug-likeness (QED) is 0.589. The fourth-order valence-electron chi connectivity index (χ4n) is 1.80. The van der Waals surface area contributed by atoms with E-state index >= 15 is 0 Å². The van der Waals surface area contributed by atoms with Gasteiger partial charge in [-0.3, -0.25) is 4.79 Å². The van der Waals surface area contributed by atoms with Crippen molar-refractivity contribution in [2.24, 2.45) is 0 Å². The molecular weight excluding hydrogens is 219 g/mol. The Labute approximate surface area is 124 Å². The molecule has 0 saturated heterocycles. The number of carbonyl (C=O) groups excluding carboxylic acids is 1. The van der Waals surface area contributed by atoms with Gasteiger partial charge < -0.3 is 0 Å². The standard InChI is InChI=1S/C15H14O.Na.H/c1-2-12-8-6-7-11-14(12)15(16)13-9-4-3-5-10-13;;/h3-11H,2H2,1H3;;.